The van der Waals surface area contributed by atoms with Gasteiger partial charge in [-0.15, -0.1) is 0 Å². The first-order chi connectivity index (χ1) is 36.9. The number of carboxylic acid groups (broad SMARTS) is 2. The van der Waals surface area contributed by atoms with Gasteiger partial charge in [0.2, 0.25) is 11.8 Å². The van der Waals surface area contributed by atoms with Gasteiger partial charge in [-0.3, -0.25) is 38.5 Å². The van der Waals surface area contributed by atoms with Crippen LogP contribution >= 0.6 is 0 Å². The van der Waals surface area contributed by atoms with Crippen LogP contribution in [0.4, 0.5) is 4.79 Å². The van der Waals surface area contributed by atoms with Crippen LogP contribution in [0.5, 0.6) is 0 Å². The summed E-state index contributed by atoms with van der Waals surface area (Å²) in [4.78, 5) is 112. The van der Waals surface area contributed by atoms with Gasteiger partial charge in [0, 0.05) is 45.4 Å². The van der Waals surface area contributed by atoms with Gasteiger partial charge in [-0.2, -0.15) is 0 Å². The van der Waals surface area contributed by atoms with Crippen molar-refractivity contribution < 1.29 is 78.0 Å². The number of urea groups is 1. The largest absolute Gasteiger partial charge is 0.480 e. The number of nitrogens with two attached hydrogens (primary N) is 2. The Kier molecular flexibility index (Phi) is 25.8. The Morgan fingerprint density at radius 2 is 1.55 bits per heavy atom. The lowest BCUT2D eigenvalue weighted by Gasteiger charge is -2.34. The number of aliphatic hydroxyl groups excluding tert-OH is 3. The highest BCUT2D eigenvalue weighted by Gasteiger charge is 2.54. The molecule has 3 aliphatic heterocycles. The van der Waals surface area contributed by atoms with Gasteiger partial charge in [-0.05, 0) is 43.6 Å². The Morgan fingerprint density at radius 3 is 2.15 bits per heavy atom. The van der Waals surface area contributed by atoms with E-state index in [1.165, 1.54) is 7.11 Å². The molecule has 0 bridgehead atoms. The zero-order valence-corrected chi connectivity index (χ0v) is 45.3. The van der Waals surface area contributed by atoms with Gasteiger partial charge >= 0.3 is 29.6 Å². The third kappa shape index (κ3) is 18.1. The molecule has 0 saturated carbocycles. The summed E-state index contributed by atoms with van der Waals surface area (Å²) in [5, 5.41) is 69.6. The lowest BCUT2D eigenvalue weighted by Crippen LogP contribution is -2.66. The van der Waals surface area contributed by atoms with E-state index in [1.54, 1.807) is 27.7 Å². The quantitative estimate of drug-likeness (QED) is 0.0253. The van der Waals surface area contributed by atoms with Crippen molar-refractivity contribution >= 4 is 41.7 Å². The van der Waals surface area contributed by atoms with Crippen molar-refractivity contribution in [1.82, 2.24) is 41.5 Å². The van der Waals surface area contributed by atoms with Crippen LogP contribution in [-0.4, -0.2) is 195 Å². The molecular formula is C49H83N11O18. The molecule has 16 N–H and O–H groups in total. The van der Waals surface area contributed by atoms with Crippen LogP contribution in [0.2, 0.25) is 0 Å². The predicted octanol–water partition coefficient (Wildman–Crippen LogP) is -2.96. The molecule has 0 aliphatic carbocycles. The third-order valence-corrected chi connectivity index (χ3v) is 14.0. The zero-order valence-electron chi connectivity index (χ0n) is 45.3. The Bertz CT molecular complexity index is 2290. The number of carboxylic acids is 2. The fourth-order valence-corrected chi connectivity index (χ4v) is 9.31. The van der Waals surface area contributed by atoms with Crippen LogP contribution in [0.25, 0.3) is 0 Å². The molecule has 0 spiro atoms. The lowest BCUT2D eigenvalue weighted by atomic mass is 9.96. The molecule has 3 aliphatic rings. The summed E-state index contributed by atoms with van der Waals surface area (Å²) >= 11 is 0. The number of carbonyl (C=O) groups excluding carboxylic acids is 4. The van der Waals surface area contributed by atoms with Crippen molar-refractivity contribution in [2.75, 3.05) is 33.3 Å². The van der Waals surface area contributed by atoms with Crippen molar-refractivity contribution in [3.05, 3.63) is 33.1 Å². The van der Waals surface area contributed by atoms with Crippen molar-refractivity contribution in [2.24, 2.45) is 34.2 Å². The third-order valence-electron chi connectivity index (χ3n) is 14.0. The Morgan fingerprint density at radius 1 is 0.859 bits per heavy atom. The van der Waals surface area contributed by atoms with Gasteiger partial charge in [0.05, 0.1) is 6.04 Å². The minimum atomic E-state index is -1.93. The van der Waals surface area contributed by atoms with E-state index in [1.807, 2.05) is 4.98 Å². The first-order valence-electron chi connectivity index (χ1n) is 26.6. The Labute approximate surface area is 451 Å². The second kappa shape index (κ2) is 31.1. The number of methoxy groups -OCH3 is 1. The maximum Gasteiger partial charge on any atom is 0.330 e. The number of aliphatic imine (C=N–C) groups is 1. The second-order valence-corrected chi connectivity index (χ2v) is 20.6. The van der Waals surface area contributed by atoms with E-state index < -0.39 is 150 Å². The number of aliphatic carboxylic acids is 2. The fraction of sp³-hybridized carbons (Fsp3) is 0.776. The van der Waals surface area contributed by atoms with Crippen molar-refractivity contribution in [1.29, 1.82) is 0 Å². The van der Waals surface area contributed by atoms with Crippen LogP contribution < -0.4 is 54.6 Å². The number of nitrogens with one attached hydrogen (secondary N) is 7. The molecule has 29 heteroatoms. The number of aliphatic hydroxyl groups is 3. The number of H-pyrrole nitrogens is 1. The van der Waals surface area contributed by atoms with Crippen LogP contribution in [0.15, 0.2) is 26.8 Å². The first kappa shape index (κ1) is 64.7. The lowest BCUT2D eigenvalue weighted by molar-refractivity contribution is -0.231. The summed E-state index contributed by atoms with van der Waals surface area (Å²) in [6.45, 7) is 10.3. The van der Waals surface area contributed by atoms with Gasteiger partial charge in [-0.25, -0.2) is 14.4 Å². The van der Waals surface area contributed by atoms with E-state index in [-0.39, 0.29) is 51.4 Å². The summed E-state index contributed by atoms with van der Waals surface area (Å²) in [7, 11) is 1.23. The van der Waals surface area contributed by atoms with Crippen LogP contribution in [0.3, 0.4) is 0 Å². The normalized spacial score (nSPS) is 25.9. The molecule has 78 heavy (non-hydrogen) atoms. The molecule has 1 aromatic rings. The van der Waals surface area contributed by atoms with Gasteiger partial charge in [-0.1, -0.05) is 73.6 Å². The van der Waals surface area contributed by atoms with Gasteiger partial charge < -0.3 is 92.6 Å². The Balaban J connectivity index is 1.58. The SMILES string of the molecule is CCC(C)CCCCCCC(=O)O[C@@H](C(C)C)[C@H](NC(=O)[C@@H](NC(=O)N[C@H](C(=O)O)C(C)C)[C@@H]1CCN=C(N)N1)C(=O)NCCCN[C@H](C(=O)O)[C@H](O[C@@H]1O[C@H](CN)[C@@H](O)[C@H]1OC)[C@H]1O[C@@H](n2ccc(=O)[nH]c2=O)[C@H](O)[C@@H]1O. The van der Waals surface area contributed by atoms with Crippen LogP contribution in [0, 0.1) is 17.8 Å². The first-order valence-corrected chi connectivity index (χ1v) is 26.6. The van der Waals surface area contributed by atoms with Crippen molar-refractivity contribution in [3.63, 3.8) is 0 Å². The van der Waals surface area contributed by atoms with E-state index in [2.05, 4.69) is 50.7 Å². The number of amides is 4. The van der Waals surface area contributed by atoms with Gasteiger partial charge in [0.25, 0.3) is 5.56 Å². The number of ether oxygens (including phenoxy) is 5. The molecule has 2 fully saturated rings. The molecule has 0 radical (unpaired) electrons. The molecule has 29 nitrogen and oxygen atoms in total. The molecule has 4 heterocycles. The molecule has 1 unspecified atom stereocenters. The maximum absolute atomic E-state index is 14.5. The van der Waals surface area contributed by atoms with Crippen LogP contribution in [-0.2, 0) is 47.7 Å². The number of aromatic nitrogens is 2. The monoisotopic (exact) mass is 1110 g/mol. The maximum atomic E-state index is 14.5. The molecule has 4 amide bonds. The number of hydrogen-bond acceptors (Lipinski definition) is 21. The Hall–Kier alpha value is -5.79. The smallest absolute Gasteiger partial charge is 0.330 e. The zero-order chi connectivity index (χ0) is 58.0. The number of guanidine groups is 1. The van der Waals surface area contributed by atoms with Crippen molar-refractivity contribution in [2.45, 2.75) is 191 Å². The minimum Gasteiger partial charge on any atom is -0.480 e. The molecule has 2 saturated heterocycles. The number of unbranched alkanes of at least 4 members (excludes halogenated alkanes) is 3. The summed E-state index contributed by atoms with van der Waals surface area (Å²) < 4.78 is 30.0. The van der Waals surface area contributed by atoms with E-state index >= 15 is 0 Å². The topological polar surface area (TPSA) is 441 Å². The molecule has 442 valence electrons. The average Bonchev–Trinajstić information content (AvgIpc) is 3.94. The van der Waals surface area contributed by atoms with Crippen molar-refractivity contribution in [3.8, 4) is 0 Å². The standard InChI is InChI=1S/C49H83N11O18/c1-8-25(6)14-11-9-10-12-15-29(62)76-37(24(4)5)32(57-42(67)31(26-16-20-54-47(51)55-26)59-48(72)58-30(23(2)3)44(68)69)41(66)53-19-13-18-52-33(45(70)71)38(78-46-40(74-7)34(63)27(22-50)75-46)39-35(64)36(65)43(77-39)60-21-17-28(61)56-49(60)73/h17,21,23-27,30-40,43,46,52,63-65H,8-16,18-20,22,50H2,1-7H3,(H,53,66)(H,57,67)(H,68,69)(H,70,71)(H3,51,54,55)(H,56,61,73)(H2,58,59,72)/t25?,26-,27+,30-,31-,32-,33-,34+,35-,36+,37-,38-,39-,40+,43+,46-/m0/s1. The van der Waals surface area contributed by atoms with E-state index in [9.17, 15) is 63.9 Å². The van der Waals surface area contributed by atoms with Gasteiger partial charge in [0.1, 0.15) is 73.0 Å². The number of hydrogen-bond donors (Lipinski definition) is 14. The predicted molar refractivity (Wildman–Crippen MR) is 277 cm³/mol. The van der Waals surface area contributed by atoms with Crippen LogP contribution in [0.1, 0.15) is 106 Å². The minimum absolute atomic E-state index is 0.0207. The number of aromatic amines is 1. The second-order valence-electron chi connectivity index (χ2n) is 20.6. The summed E-state index contributed by atoms with van der Waals surface area (Å²) in [5.41, 5.74) is 9.97. The van der Waals surface area contributed by atoms with Gasteiger partial charge in [0.15, 0.2) is 18.5 Å². The average molecular weight is 1110 g/mol. The summed E-state index contributed by atoms with van der Waals surface area (Å²) in [6.07, 6.45) is -8.99. The molecule has 4 rings (SSSR count). The fourth-order valence-electron chi connectivity index (χ4n) is 9.31. The summed E-state index contributed by atoms with van der Waals surface area (Å²) in [5.74, 6) is -5.91. The number of rotatable bonds is 32. The number of carbonyl (C=O) groups is 6. The number of nitrogens with zero attached hydrogens (tertiary/aromatic N) is 2. The highest BCUT2D eigenvalue weighted by Crippen LogP contribution is 2.35. The molecule has 0 aromatic carbocycles. The highest BCUT2D eigenvalue weighted by atomic mass is 16.7. The molecule has 1 aromatic heterocycles. The highest BCUT2D eigenvalue weighted by molar-refractivity contribution is 5.94. The summed E-state index contributed by atoms with van der Waals surface area (Å²) in [6, 6.07) is -7.25. The molecular weight excluding hydrogens is 1030 g/mol. The number of esters is 1. The van der Waals surface area contributed by atoms with E-state index in [0.29, 0.717) is 12.3 Å². The van der Waals surface area contributed by atoms with E-state index in [4.69, 9.17) is 35.2 Å². The molecule has 16 atom stereocenters. The van der Waals surface area contributed by atoms with E-state index in [0.717, 1.165) is 48.9 Å².